The van der Waals surface area contributed by atoms with E-state index in [0.717, 1.165) is 5.56 Å². The van der Waals surface area contributed by atoms with Crippen molar-refractivity contribution in [1.29, 1.82) is 0 Å². The molecule has 8 heteroatoms. The first-order chi connectivity index (χ1) is 12.4. The molecule has 1 aliphatic heterocycles. The highest BCUT2D eigenvalue weighted by Crippen LogP contribution is 2.33. The molecule has 1 atom stereocenters. The summed E-state index contributed by atoms with van der Waals surface area (Å²) in [6.45, 7) is 2.68. The predicted octanol–water partition coefficient (Wildman–Crippen LogP) is 2.28. The third-order valence-electron chi connectivity index (χ3n) is 3.96. The van der Waals surface area contributed by atoms with Gasteiger partial charge in [-0.2, -0.15) is 0 Å². The van der Waals surface area contributed by atoms with Gasteiger partial charge in [-0.25, -0.2) is 17.9 Å². The summed E-state index contributed by atoms with van der Waals surface area (Å²) in [5.41, 5.74) is 0.907. The van der Waals surface area contributed by atoms with Gasteiger partial charge < -0.3 is 14.2 Å². The van der Waals surface area contributed by atoms with E-state index in [2.05, 4.69) is 9.46 Å². The summed E-state index contributed by atoms with van der Waals surface area (Å²) in [5.74, 6) is 0.634. The summed E-state index contributed by atoms with van der Waals surface area (Å²) in [7, 11) is -2.58. The van der Waals surface area contributed by atoms with Crippen molar-refractivity contribution in [2.45, 2.75) is 17.9 Å². The highest BCUT2D eigenvalue weighted by atomic mass is 32.2. The summed E-state index contributed by atoms with van der Waals surface area (Å²) >= 11 is 0. The van der Waals surface area contributed by atoms with E-state index in [0.29, 0.717) is 24.7 Å². The molecule has 0 unspecified atom stereocenters. The molecule has 2 aromatic carbocycles. The third-order valence-corrected chi connectivity index (χ3v) is 5.50. The van der Waals surface area contributed by atoms with E-state index in [9.17, 15) is 13.2 Å². The molecule has 3 rings (SSSR count). The minimum absolute atomic E-state index is 0.00945. The molecule has 0 aliphatic carbocycles. The number of methoxy groups -OCH3 is 1. The number of benzene rings is 2. The Morgan fingerprint density at radius 3 is 2.58 bits per heavy atom. The molecule has 7 nitrogen and oxygen atoms in total. The number of hydrogen-bond donors (Lipinski definition) is 1. The Bertz CT molecular complexity index is 925. The van der Waals surface area contributed by atoms with Gasteiger partial charge in [0.25, 0.3) is 0 Å². The van der Waals surface area contributed by atoms with Crippen molar-refractivity contribution in [2.75, 3.05) is 20.3 Å². The van der Waals surface area contributed by atoms with E-state index in [1.807, 2.05) is 0 Å². The van der Waals surface area contributed by atoms with Gasteiger partial charge in [-0.15, -0.1) is 0 Å². The average molecular weight is 377 g/mol. The van der Waals surface area contributed by atoms with Gasteiger partial charge in [0, 0.05) is 6.04 Å². The Hall–Kier alpha value is -2.58. The fourth-order valence-corrected chi connectivity index (χ4v) is 3.88. The lowest BCUT2D eigenvalue weighted by Gasteiger charge is -2.21. The van der Waals surface area contributed by atoms with E-state index in [1.165, 1.54) is 31.4 Å². The van der Waals surface area contributed by atoms with Crippen LogP contribution in [0.1, 0.15) is 28.9 Å². The number of carbonyl (C=O) groups excluding carboxylic acids is 1. The van der Waals surface area contributed by atoms with Crippen LogP contribution in [0, 0.1) is 0 Å². The first kappa shape index (κ1) is 18.2. The van der Waals surface area contributed by atoms with Crippen molar-refractivity contribution in [1.82, 2.24) is 4.72 Å². The number of rotatable bonds is 5. The van der Waals surface area contributed by atoms with Gasteiger partial charge in [0.1, 0.15) is 13.2 Å². The van der Waals surface area contributed by atoms with Crippen LogP contribution in [0.5, 0.6) is 11.5 Å². The lowest BCUT2D eigenvalue weighted by Crippen LogP contribution is -2.27. The summed E-state index contributed by atoms with van der Waals surface area (Å²) in [6, 6.07) is 10.5. The van der Waals surface area contributed by atoms with Crippen molar-refractivity contribution in [3.63, 3.8) is 0 Å². The van der Waals surface area contributed by atoms with E-state index < -0.39 is 22.0 Å². The van der Waals surface area contributed by atoms with Crippen LogP contribution in [0.2, 0.25) is 0 Å². The van der Waals surface area contributed by atoms with Crippen LogP contribution >= 0.6 is 0 Å². The largest absolute Gasteiger partial charge is 0.486 e. The van der Waals surface area contributed by atoms with Crippen LogP contribution in [0.4, 0.5) is 0 Å². The number of ether oxygens (including phenoxy) is 3. The number of sulfonamides is 1. The van der Waals surface area contributed by atoms with Gasteiger partial charge in [-0.3, -0.25) is 0 Å². The normalized spacial score (nSPS) is 14.5. The van der Waals surface area contributed by atoms with Gasteiger partial charge in [-0.05, 0) is 42.8 Å². The molecule has 0 radical (unpaired) electrons. The Morgan fingerprint density at radius 1 is 1.12 bits per heavy atom. The van der Waals surface area contributed by atoms with Crippen LogP contribution < -0.4 is 14.2 Å². The predicted molar refractivity (Wildman–Crippen MR) is 94.0 cm³/mol. The molecular weight excluding hydrogens is 358 g/mol. The third kappa shape index (κ3) is 3.81. The Morgan fingerprint density at radius 2 is 1.85 bits per heavy atom. The highest BCUT2D eigenvalue weighted by Gasteiger charge is 2.21. The van der Waals surface area contributed by atoms with Crippen LogP contribution in [0.25, 0.3) is 0 Å². The van der Waals surface area contributed by atoms with E-state index >= 15 is 0 Å². The van der Waals surface area contributed by atoms with Gasteiger partial charge in [-0.1, -0.05) is 12.1 Å². The zero-order chi connectivity index (χ0) is 18.7. The maximum Gasteiger partial charge on any atom is 0.337 e. The second-order valence-corrected chi connectivity index (χ2v) is 7.48. The molecule has 0 aromatic heterocycles. The molecule has 0 saturated carbocycles. The van der Waals surface area contributed by atoms with Crippen molar-refractivity contribution in [2.24, 2.45) is 0 Å². The zero-order valence-corrected chi connectivity index (χ0v) is 15.2. The van der Waals surface area contributed by atoms with Crippen molar-refractivity contribution in [3.05, 3.63) is 53.6 Å². The first-order valence-electron chi connectivity index (χ1n) is 8.01. The number of esters is 1. The summed E-state index contributed by atoms with van der Waals surface area (Å²) in [5, 5.41) is 0. The molecule has 1 N–H and O–H groups in total. The highest BCUT2D eigenvalue weighted by molar-refractivity contribution is 7.89. The first-order valence-corrected chi connectivity index (χ1v) is 9.49. The summed E-state index contributed by atoms with van der Waals surface area (Å²) in [4.78, 5) is 11.6. The second kappa shape index (κ2) is 7.35. The van der Waals surface area contributed by atoms with Gasteiger partial charge in [0.15, 0.2) is 11.5 Å². The molecule has 26 heavy (non-hydrogen) atoms. The monoisotopic (exact) mass is 377 g/mol. The number of hydrogen-bond acceptors (Lipinski definition) is 6. The molecule has 0 spiro atoms. The molecule has 1 aliphatic rings. The van der Waals surface area contributed by atoms with Gasteiger partial charge in [0.2, 0.25) is 10.0 Å². The molecule has 2 aromatic rings. The van der Waals surface area contributed by atoms with Crippen molar-refractivity contribution < 1.29 is 27.4 Å². The molecule has 0 saturated heterocycles. The zero-order valence-electron chi connectivity index (χ0n) is 14.4. The Kier molecular flexibility index (Phi) is 5.15. The topological polar surface area (TPSA) is 90.9 Å². The molecule has 138 valence electrons. The fraction of sp³-hybridized carbons (Fsp3) is 0.278. The lowest BCUT2D eigenvalue weighted by atomic mass is 10.1. The smallest absolute Gasteiger partial charge is 0.337 e. The Labute approximate surface area is 151 Å². The second-order valence-electron chi connectivity index (χ2n) is 5.77. The van der Waals surface area contributed by atoms with Crippen LogP contribution in [0.15, 0.2) is 47.4 Å². The molecule has 0 bridgehead atoms. The minimum atomic E-state index is -3.82. The maximum atomic E-state index is 12.6. The van der Waals surface area contributed by atoms with Crippen LogP contribution in [0.3, 0.4) is 0 Å². The van der Waals surface area contributed by atoms with Crippen LogP contribution in [-0.4, -0.2) is 34.7 Å². The molecule has 0 amide bonds. The van der Waals surface area contributed by atoms with Crippen molar-refractivity contribution >= 4 is 16.0 Å². The number of nitrogens with one attached hydrogen (secondary N) is 1. The van der Waals surface area contributed by atoms with E-state index in [-0.39, 0.29) is 10.5 Å². The van der Waals surface area contributed by atoms with E-state index in [1.54, 1.807) is 25.1 Å². The fourth-order valence-electron chi connectivity index (χ4n) is 2.61. The van der Waals surface area contributed by atoms with Gasteiger partial charge in [0.05, 0.1) is 17.6 Å². The lowest BCUT2D eigenvalue weighted by molar-refractivity contribution is 0.0600. The summed E-state index contributed by atoms with van der Waals surface area (Å²) < 4.78 is 43.5. The van der Waals surface area contributed by atoms with Gasteiger partial charge >= 0.3 is 5.97 Å². The number of fused-ring (bicyclic) bond motifs is 1. The molecular formula is C18H19NO6S. The average Bonchev–Trinajstić information content (AvgIpc) is 2.66. The Balaban J connectivity index is 1.82. The van der Waals surface area contributed by atoms with E-state index in [4.69, 9.17) is 9.47 Å². The summed E-state index contributed by atoms with van der Waals surface area (Å²) in [6.07, 6.45) is 0. The SMILES string of the molecule is COC(=O)c1cccc(S(=O)(=O)N[C@@H](C)c2ccc3c(c2)OCCO3)c1. The number of carbonyl (C=O) groups is 1. The molecule has 0 fully saturated rings. The quantitative estimate of drug-likeness (QED) is 0.804. The molecule has 1 heterocycles. The van der Waals surface area contributed by atoms with Crippen LogP contribution in [-0.2, 0) is 14.8 Å². The standard InChI is InChI=1S/C18H19NO6S/c1-12(13-6-7-16-17(11-13)25-9-8-24-16)19-26(21,22)15-5-3-4-14(10-15)18(20)23-2/h3-7,10-12,19H,8-9H2,1-2H3/t12-/m0/s1. The maximum absolute atomic E-state index is 12.6. The minimum Gasteiger partial charge on any atom is -0.486 e. The van der Waals surface area contributed by atoms with Crippen molar-refractivity contribution in [3.8, 4) is 11.5 Å².